The van der Waals surface area contributed by atoms with Crippen molar-refractivity contribution in [3.05, 3.63) is 11.7 Å². The Morgan fingerprint density at radius 3 is 2.86 bits per heavy atom. The SMILES string of the molecule is CC(C)NCc1nc(C2CCC2)no1. The van der Waals surface area contributed by atoms with Crippen molar-refractivity contribution in [3.8, 4) is 0 Å². The van der Waals surface area contributed by atoms with Crippen molar-refractivity contribution < 1.29 is 4.52 Å². The Morgan fingerprint density at radius 1 is 1.50 bits per heavy atom. The number of hydrogen-bond donors (Lipinski definition) is 1. The van der Waals surface area contributed by atoms with Crippen LogP contribution in [0.5, 0.6) is 0 Å². The Hall–Kier alpha value is -0.900. The van der Waals surface area contributed by atoms with Gasteiger partial charge in [-0.25, -0.2) is 0 Å². The predicted octanol–water partition coefficient (Wildman–Crippen LogP) is 1.84. The molecule has 0 unspecified atom stereocenters. The van der Waals surface area contributed by atoms with Gasteiger partial charge in [0.25, 0.3) is 0 Å². The molecule has 78 valence electrons. The molecule has 1 saturated carbocycles. The molecular formula is C10H17N3O. The van der Waals surface area contributed by atoms with Crippen LogP contribution in [0, 0.1) is 0 Å². The standard InChI is InChI=1S/C10H17N3O/c1-7(2)11-6-9-12-10(13-14-9)8-4-3-5-8/h7-8,11H,3-6H2,1-2H3. The first-order chi connectivity index (χ1) is 6.75. The van der Waals surface area contributed by atoms with Gasteiger partial charge in [0.05, 0.1) is 6.54 Å². The minimum absolute atomic E-state index is 0.453. The molecule has 14 heavy (non-hydrogen) atoms. The zero-order valence-corrected chi connectivity index (χ0v) is 8.79. The summed E-state index contributed by atoms with van der Waals surface area (Å²) in [5.74, 6) is 2.17. The molecule has 1 aromatic rings. The first-order valence-electron chi connectivity index (χ1n) is 5.31. The summed E-state index contributed by atoms with van der Waals surface area (Å²) in [6.07, 6.45) is 3.74. The number of nitrogens with one attached hydrogen (secondary N) is 1. The van der Waals surface area contributed by atoms with Gasteiger partial charge in [-0.3, -0.25) is 0 Å². The summed E-state index contributed by atoms with van der Waals surface area (Å²) < 4.78 is 5.15. The molecule has 2 rings (SSSR count). The van der Waals surface area contributed by atoms with E-state index in [1.165, 1.54) is 19.3 Å². The van der Waals surface area contributed by atoms with Crippen molar-refractivity contribution in [1.82, 2.24) is 15.5 Å². The Labute approximate surface area is 84.1 Å². The zero-order valence-electron chi connectivity index (χ0n) is 8.79. The quantitative estimate of drug-likeness (QED) is 0.796. The van der Waals surface area contributed by atoms with Crippen molar-refractivity contribution in [2.45, 2.75) is 51.6 Å². The van der Waals surface area contributed by atoms with Gasteiger partial charge in [-0.1, -0.05) is 25.4 Å². The van der Waals surface area contributed by atoms with Crippen molar-refractivity contribution in [2.24, 2.45) is 0 Å². The third-order valence-corrected chi connectivity index (χ3v) is 2.62. The average molecular weight is 195 g/mol. The lowest BCUT2D eigenvalue weighted by atomic mass is 9.85. The monoisotopic (exact) mass is 195 g/mol. The van der Waals surface area contributed by atoms with E-state index in [0.29, 0.717) is 24.4 Å². The highest BCUT2D eigenvalue weighted by atomic mass is 16.5. The van der Waals surface area contributed by atoms with E-state index < -0.39 is 0 Å². The second kappa shape index (κ2) is 4.09. The topological polar surface area (TPSA) is 51.0 Å². The number of nitrogens with zero attached hydrogens (tertiary/aromatic N) is 2. The molecular weight excluding hydrogens is 178 g/mol. The lowest BCUT2D eigenvalue weighted by Gasteiger charge is -2.20. The molecule has 0 bridgehead atoms. The van der Waals surface area contributed by atoms with E-state index in [9.17, 15) is 0 Å². The average Bonchev–Trinajstić information content (AvgIpc) is 2.46. The summed E-state index contributed by atoms with van der Waals surface area (Å²) in [5.41, 5.74) is 0. The van der Waals surface area contributed by atoms with E-state index in [0.717, 1.165) is 5.82 Å². The van der Waals surface area contributed by atoms with Crippen LogP contribution in [0.2, 0.25) is 0 Å². The summed E-state index contributed by atoms with van der Waals surface area (Å²) in [5, 5.41) is 7.24. The maximum absolute atomic E-state index is 5.15. The van der Waals surface area contributed by atoms with Crippen LogP contribution in [0.1, 0.15) is 50.7 Å². The number of hydrogen-bond acceptors (Lipinski definition) is 4. The Bertz CT molecular complexity index is 291. The summed E-state index contributed by atoms with van der Waals surface area (Å²) in [4.78, 5) is 4.36. The molecule has 1 heterocycles. The summed E-state index contributed by atoms with van der Waals surface area (Å²) in [6, 6.07) is 0.453. The van der Waals surface area contributed by atoms with Gasteiger partial charge in [0, 0.05) is 12.0 Å². The molecule has 0 amide bonds. The minimum atomic E-state index is 0.453. The number of aromatic nitrogens is 2. The van der Waals surface area contributed by atoms with Crippen LogP contribution in [0.25, 0.3) is 0 Å². The van der Waals surface area contributed by atoms with Crippen molar-refractivity contribution in [1.29, 1.82) is 0 Å². The van der Waals surface area contributed by atoms with Crippen LogP contribution < -0.4 is 5.32 Å². The van der Waals surface area contributed by atoms with Gasteiger partial charge in [-0.05, 0) is 12.8 Å². The Kier molecular flexibility index (Phi) is 2.82. The fourth-order valence-electron chi connectivity index (χ4n) is 1.46. The van der Waals surface area contributed by atoms with Gasteiger partial charge in [0.15, 0.2) is 5.82 Å². The van der Waals surface area contributed by atoms with Crippen LogP contribution >= 0.6 is 0 Å². The highest BCUT2D eigenvalue weighted by Crippen LogP contribution is 2.34. The second-order valence-corrected chi connectivity index (χ2v) is 4.21. The molecule has 0 aliphatic heterocycles. The summed E-state index contributed by atoms with van der Waals surface area (Å²) in [7, 11) is 0. The first-order valence-corrected chi connectivity index (χ1v) is 5.31. The predicted molar refractivity (Wildman–Crippen MR) is 52.9 cm³/mol. The summed E-state index contributed by atoms with van der Waals surface area (Å²) in [6.45, 7) is 4.88. The highest BCUT2D eigenvalue weighted by molar-refractivity contribution is 4.99. The third kappa shape index (κ3) is 2.12. The third-order valence-electron chi connectivity index (χ3n) is 2.62. The maximum Gasteiger partial charge on any atom is 0.240 e. The van der Waals surface area contributed by atoms with Gasteiger partial charge in [-0.15, -0.1) is 0 Å². The number of rotatable bonds is 4. The van der Waals surface area contributed by atoms with Crippen LogP contribution in [0.4, 0.5) is 0 Å². The largest absolute Gasteiger partial charge is 0.338 e. The normalized spacial score (nSPS) is 17.4. The molecule has 1 aliphatic carbocycles. The fraction of sp³-hybridized carbons (Fsp3) is 0.800. The lowest BCUT2D eigenvalue weighted by molar-refractivity contribution is 0.339. The van der Waals surface area contributed by atoms with E-state index in [4.69, 9.17) is 4.52 Å². The van der Waals surface area contributed by atoms with E-state index >= 15 is 0 Å². The van der Waals surface area contributed by atoms with Crippen molar-refractivity contribution in [3.63, 3.8) is 0 Å². The molecule has 4 nitrogen and oxygen atoms in total. The van der Waals surface area contributed by atoms with E-state index in [-0.39, 0.29) is 0 Å². The van der Waals surface area contributed by atoms with Gasteiger partial charge in [0.1, 0.15) is 0 Å². The van der Waals surface area contributed by atoms with Crippen LogP contribution in [0.3, 0.4) is 0 Å². The van der Waals surface area contributed by atoms with Crippen molar-refractivity contribution in [2.75, 3.05) is 0 Å². The van der Waals surface area contributed by atoms with E-state index in [1.807, 2.05) is 0 Å². The van der Waals surface area contributed by atoms with Gasteiger partial charge in [-0.2, -0.15) is 4.98 Å². The lowest BCUT2D eigenvalue weighted by Crippen LogP contribution is -2.22. The smallest absolute Gasteiger partial charge is 0.240 e. The van der Waals surface area contributed by atoms with Gasteiger partial charge >= 0.3 is 0 Å². The molecule has 1 fully saturated rings. The van der Waals surface area contributed by atoms with Gasteiger partial charge in [0.2, 0.25) is 5.89 Å². The fourth-order valence-corrected chi connectivity index (χ4v) is 1.46. The molecule has 1 aromatic heterocycles. The first kappa shape index (κ1) is 9.65. The molecule has 0 spiro atoms. The van der Waals surface area contributed by atoms with Crippen LogP contribution in [0.15, 0.2) is 4.52 Å². The van der Waals surface area contributed by atoms with E-state index in [2.05, 4.69) is 29.3 Å². The molecule has 4 heteroatoms. The second-order valence-electron chi connectivity index (χ2n) is 4.21. The van der Waals surface area contributed by atoms with Crippen molar-refractivity contribution >= 4 is 0 Å². The minimum Gasteiger partial charge on any atom is -0.338 e. The molecule has 0 aromatic carbocycles. The Morgan fingerprint density at radius 2 is 2.29 bits per heavy atom. The van der Waals surface area contributed by atoms with Gasteiger partial charge < -0.3 is 9.84 Å². The molecule has 0 atom stereocenters. The zero-order chi connectivity index (χ0) is 9.97. The molecule has 1 aliphatic rings. The van der Waals surface area contributed by atoms with Crippen LogP contribution in [-0.4, -0.2) is 16.2 Å². The highest BCUT2D eigenvalue weighted by Gasteiger charge is 2.24. The summed E-state index contributed by atoms with van der Waals surface area (Å²) >= 11 is 0. The molecule has 0 radical (unpaired) electrons. The van der Waals surface area contributed by atoms with Crippen LogP contribution in [-0.2, 0) is 6.54 Å². The molecule has 0 saturated heterocycles. The maximum atomic E-state index is 5.15. The van der Waals surface area contributed by atoms with E-state index in [1.54, 1.807) is 0 Å². The molecule has 1 N–H and O–H groups in total. The Balaban J connectivity index is 1.89.